The first-order chi connectivity index (χ1) is 8.54. The van der Waals surface area contributed by atoms with E-state index in [-0.39, 0.29) is 6.10 Å². The average Bonchev–Trinajstić information content (AvgIpc) is 2.30. The van der Waals surface area contributed by atoms with Crippen LogP contribution in [0.1, 0.15) is 26.3 Å². The van der Waals surface area contributed by atoms with Crippen LogP contribution in [-0.4, -0.2) is 25.9 Å². The molecular weight excluding hydrogens is 294 g/mol. The van der Waals surface area contributed by atoms with Gasteiger partial charge in [-0.2, -0.15) is 0 Å². The van der Waals surface area contributed by atoms with Crippen LogP contribution >= 0.6 is 15.9 Å². The average molecular weight is 316 g/mol. The predicted molar refractivity (Wildman–Crippen MR) is 78.1 cm³/mol. The lowest BCUT2D eigenvalue weighted by Gasteiger charge is -2.19. The maximum atomic E-state index is 5.94. The molecule has 0 heterocycles. The van der Waals surface area contributed by atoms with E-state index in [2.05, 4.69) is 41.2 Å². The molecule has 0 aliphatic rings. The molecule has 0 bridgehead atoms. The molecule has 1 aromatic rings. The number of methoxy groups -OCH3 is 1. The summed E-state index contributed by atoms with van der Waals surface area (Å²) in [5, 5.41) is 3.40. The standard InChI is InChI=1S/C14H22BrNO2/c1-10(2)16-8-12-6-5-7-13(15)14(12)18-11(3)9-17-4/h5-7,10-11,16H,8-9H2,1-4H3. The molecule has 0 spiro atoms. The Morgan fingerprint density at radius 1 is 1.28 bits per heavy atom. The number of hydrogen-bond donors (Lipinski definition) is 1. The number of rotatable bonds is 7. The van der Waals surface area contributed by atoms with Gasteiger partial charge < -0.3 is 14.8 Å². The summed E-state index contributed by atoms with van der Waals surface area (Å²) in [6.07, 6.45) is 0.0338. The zero-order valence-corrected chi connectivity index (χ0v) is 13.1. The Hall–Kier alpha value is -0.580. The number of ether oxygens (including phenoxy) is 2. The molecule has 0 aliphatic carbocycles. The molecule has 3 nitrogen and oxygen atoms in total. The fraction of sp³-hybridized carbons (Fsp3) is 0.571. The molecule has 102 valence electrons. The Bertz CT molecular complexity index is 369. The van der Waals surface area contributed by atoms with Crippen LogP contribution in [-0.2, 0) is 11.3 Å². The van der Waals surface area contributed by atoms with Gasteiger partial charge in [0, 0.05) is 25.3 Å². The van der Waals surface area contributed by atoms with Crippen molar-refractivity contribution in [3.8, 4) is 5.75 Å². The van der Waals surface area contributed by atoms with Crippen LogP contribution in [0.4, 0.5) is 0 Å². The summed E-state index contributed by atoms with van der Waals surface area (Å²) in [5.41, 5.74) is 1.15. The van der Waals surface area contributed by atoms with Gasteiger partial charge in [0.15, 0.2) is 0 Å². The molecule has 18 heavy (non-hydrogen) atoms. The van der Waals surface area contributed by atoms with Crippen molar-refractivity contribution in [1.82, 2.24) is 5.32 Å². The van der Waals surface area contributed by atoms with Gasteiger partial charge in [-0.3, -0.25) is 0 Å². The number of benzene rings is 1. The first-order valence-corrected chi connectivity index (χ1v) is 7.00. The van der Waals surface area contributed by atoms with Crippen molar-refractivity contribution in [3.63, 3.8) is 0 Å². The highest BCUT2D eigenvalue weighted by molar-refractivity contribution is 9.10. The van der Waals surface area contributed by atoms with E-state index in [0.29, 0.717) is 12.6 Å². The maximum Gasteiger partial charge on any atom is 0.138 e. The third kappa shape index (κ3) is 4.96. The van der Waals surface area contributed by atoms with Gasteiger partial charge in [0.25, 0.3) is 0 Å². The molecule has 4 heteroatoms. The van der Waals surface area contributed by atoms with E-state index in [1.165, 1.54) is 0 Å². The van der Waals surface area contributed by atoms with Crippen LogP contribution in [0.5, 0.6) is 5.75 Å². The largest absolute Gasteiger partial charge is 0.487 e. The van der Waals surface area contributed by atoms with E-state index in [0.717, 1.165) is 22.3 Å². The van der Waals surface area contributed by atoms with Gasteiger partial charge in [0.1, 0.15) is 11.9 Å². The normalized spacial score (nSPS) is 12.8. The lowest BCUT2D eigenvalue weighted by atomic mass is 10.2. The molecule has 1 N–H and O–H groups in total. The summed E-state index contributed by atoms with van der Waals surface area (Å²) in [4.78, 5) is 0. The molecule has 0 radical (unpaired) electrons. The molecule has 0 fully saturated rings. The van der Waals surface area contributed by atoms with Gasteiger partial charge >= 0.3 is 0 Å². The number of hydrogen-bond acceptors (Lipinski definition) is 3. The van der Waals surface area contributed by atoms with Crippen LogP contribution in [0.15, 0.2) is 22.7 Å². The molecule has 0 amide bonds. The summed E-state index contributed by atoms with van der Waals surface area (Å²) >= 11 is 3.54. The van der Waals surface area contributed by atoms with E-state index in [4.69, 9.17) is 9.47 Å². The van der Waals surface area contributed by atoms with Crippen LogP contribution in [0, 0.1) is 0 Å². The van der Waals surface area contributed by atoms with Crippen LogP contribution < -0.4 is 10.1 Å². The minimum atomic E-state index is 0.0338. The molecule has 1 rings (SSSR count). The Labute approximate surface area is 118 Å². The van der Waals surface area contributed by atoms with Gasteiger partial charge in [-0.15, -0.1) is 0 Å². The molecule has 1 aromatic carbocycles. The Balaban J connectivity index is 2.79. The van der Waals surface area contributed by atoms with Gasteiger partial charge in [0.2, 0.25) is 0 Å². The fourth-order valence-electron chi connectivity index (χ4n) is 1.61. The van der Waals surface area contributed by atoms with E-state index in [9.17, 15) is 0 Å². The highest BCUT2D eigenvalue weighted by Crippen LogP contribution is 2.30. The summed E-state index contributed by atoms with van der Waals surface area (Å²) in [6.45, 7) is 7.64. The highest BCUT2D eigenvalue weighted by Gasteiger charge is 2.12. The van der Waals surface area contributed by atoms with Gasteiger partial charge in [0.05, 0.1) is 11.1 Å². The third-order valence-electron chi connectivity index (χ3n) is 2.47. The van der Waals surface area contributed by atoms with Crippen molar-refractivity contribution in [1.29, 1.82) is 0 Å². The first kappa shape index (κ1) is 15.5. The summed E-state index contributed by atoms with van der Waals surface area (Å²) in [5.74, 6) is 0.898. The SMILES string of the molecule is COCC(C)Oc1c(Br)cccc1CNC(C)C. The Morgan fingerprint density at radius 3 is 2.61 bits per heavy atom. The van der Waals surface area contributed by atoms with Crippen LogP contribution in [0.2, 0.25) is 0 Å². The van der Waals surface area contributed by atoms with E-state index < -0.39 is 0 Å². The number of nitrogens with one attached hydrogen (secondary N) is 1. The van der Waals surface area contributed by atoms with Crippen molar-refractivity contribution in [2.45, 2.75) is 39.5 Å². The zero-order chi connectivity index (χ0) is 13.5. The first-order valence-electron chi connectivity index (χ1n) is 6.21. The predicted octanol–water partition coefficient (Wildman–Crippen LogP) is 3.36. The van der Waals surface area contributed by atoms with Crippen LogP contribution in [0.3, 0.4) is 0 Å². The topological polar surface area (TPSA) is 30.5 Å². The smallest absolute Gasteiger partial charge is 0.138 e. The summed E-state index contributed by atoms with van der Waals surface area (Å²) in [7, 11) is 1.68. The lowest BCUT2D eigenvalue weighted by molar-refractivity contribution is 0.0908. The molecule has 0 saturated heterocycles. The third-order valence-corrected chi connectivity index (χ3v) is 3.09. The second-order valence-electron chi connectivity index (χ2n) is 4.65. The Morgan fingerprint density at radius 2 is 2.00 bits per heavy atom. The zero-order valence-electron chi connectivity index (χ0n) is 11.5. The maximum absolute atomic E-state index is 5.94. The lowest BCUT2D eigenvalue weighted by Crippen LogP contribution is -2.24. The molecule has 0 aromatic heterocycles. The van der Waals surface area contributed by atoms with Gasteiger partial charge in [-0.05, 0) is 28.9 Å². The van der Waals surface area contributed by atoms with Crippen molar-refractivity contribution in [2.24, 2.45) is 0 Å². The molecule has 1 atom stereocenters. The minimum absolute atomic E-state index is 0.0338. The summed E-state index contributed by atoms with van der Waals surface area (Å²) in [6, 6.07) is 6.55. The van der Waals surface area contributed by atoms with Crippen molar-refractivity contribution >= 4 is 15.9 Å². The fourth-order valence-corrected chi connectivity index (χ4v) is 2.11. The Kier molecular flexibility index (Phi) is 6.68. The number of para-hydroxylation sites is 1. The van der Waals surface area contributed by atoms with E-state index >= 15 is 0 Å². The van der Waals surface area contributed by atoms with Crippen LogP contribution in [0.25, 0.3) is 0 Å². The summed E-state index contributed by atoms with van der Waals surface area (Å²) < 4.78 is 12.0. The number of halogens is 1. The highest BCUT2D eigenvalue weighted by atomic mass is 79.9. The second-order valence-corrected chi connectivity index (χ2v) is 5.50. The van der Waals surface area contributed by atoms with Gasteiger partial charge in [-0.25, -0.2) is 0 Å². The van der Waals surface area contributed by atoms with Gasteiger partial charge in [-0.1, -0.05) is 26.0 Å². The van der Waals surface area contributed by atoms with Crippen molar-refractivity contribution < 1.29 is 9.47 Å². The molecule has 0 aliphatic heterocycles. The second kappa shape index (κ2) is 7.77. The quantitative estimate of drug-likeness (QED) is 0.837. The molecular formula is C14H22BrNO2. The molecule has 0 saturated carbocycles. The minimum Gasteiger partial charge on any atom is -0.487 e. The van der Waals surface area contributed by atoms with E-state index in [1.807, 2.05) is 19.1 Å². The van der Waals surface area contributed by atoms with Crippen molar-refractivity contribution in [2.75, 3.05) is 13.7 Å². The molecule has 1 unspecified atom stereocenters. The van der Waals surface area contributed by atoms with Crippen molar-refractivity contribution in [3.05, 3.63) is 28.2 Å². The van der Waals surface area contributed by atoms with E-state index in [1.54, 1.807) is 7.11 Å². The monoisotopic (exact) mass is 315 g/mol.